The number of benzene rings is 1. The molecule has 0 amide bonds. The standard InChI is InChI=1S/C20H24N2.2BrH.Pd/c1-19(2,3)15-11-9-13-7-8-14-10-12-16(20(4,5)6)22-18(14)17(13)21-15;;;/h7-12H,1-6H3;2*1H;/q;;;+2/p-2. The van der Waals surface area contributed by atoms with Gasteiger partial charge in [0.25, 0.3) is 0 Å². The Bertz CT molecular complexity index is 792. The Morgan fingerprint density at radius 3 is 1.12 bits per heavy atom. The topological polar surface area (TPSA) is 25.8 Å². The molecule has 3 rings (SSSR count). The first-order chi connectivity index (χ1) is 10.2. The smallest absolute Gasteiger partial charge is 1.00 e. The zero-order valence-corrected chi connectivity index (χ0v) is 20.2. The van der Waals surface area contributed by atoms with E-state index in [2.05, 4.69) is 77.9 Å². The van der Waals surface area contributed by atoms with Gasteiger partial charge in [-0.25, -0.2) is 9.97 Å². The average molecular weight is 559 g/mol. The molecule has 0 radical (unpaired) electrons. The van der Waals surface area contributed by atoms with Crippen molar-refractivity contribution in [3.05, 3.63) is 47.8 Å². The number of aromatic nitrogens is 2. The van der Waals surface area contributed by atoms with Crippen LogP contribution in [0.15, 0.2) is 36.4 Å². The van der Waals surface area contributed by atoms with Gasteiger partial charge in [-0.1, -0.05) is 65.8 Å². The minimum absolute atomic E-state index is 0. The van der Waals surface area contributed by atoms with Crippen LogP contribution in [0.4, 0.5) is 0 Å². The normalized spacial score (nSPS) is 11.4. The van der Waals surface area contributed by atoms with Crippen LogP contribution in [-0.4, -0.2) is 9.97 Å². The van der Waals surface area contributed by atoms with E-state index in [1.165, 1.54) is 0 Å². The van der Waals surface area contributed by atoms with Crippen molar-refractivity contribution >= 4 is 21.8 Å². The molecule has 0 saturated carbocycles. The van der Waals surface area contributed by atoms with Crippen molar-refractivity contribution in [2.75, 3.05) is 0 Å². The fourth-order valence-electron chi connectivity index (χ4n) is 2.60. The molecule has 0 aliphatic rings. The molecular formula is C20H24Br2N2Pd. The molecule has 5 heteroatoms. The SMILES string of the molecule is CC(C)(C)c1ccc2ccc3ccc(C(C)(C)C)nc3c2n1.[Br-].[Br-].[Pd+2]. The quantitative estimate of drug-likeness (QED) is 0.272. The number of rotatable bonds is 0. The summed E-state index contributed by atoms with van der Waals surface area (Å²) >= 11 is 0. The Morgan fingerprint density at radius 1 is 0.560 bits per heavy atom. The van der Waals surface area contributed by atoms with Gasteiger partial charge in [0, 0.05) is 33.0 Å². The van der Waals surface area contributed by atoms with Crippen LogP contribution in [0.1, 0.15) is 52.9 Å². The van der Waals surface area contributed by atoms with E-state index in [0.29, 0.717) is 0 Å². The van der Waals surface area contributed by atoms with Gasteiger partial charge >= 0.3 is 20.4 Å². The van der Waals surface area contributed by atoms with Gasteiger partial charge in [-0.15, -0.1) is 0 Å². The largest absolute Gasteiger partial charge is 2.00 e. The minimum atomic E-state index is 0. The molecule has 1 aromatic carbocycles. The molecule has 3 aromatic rings. The number of fused-ring (bicyclic) bond motifs is 3. The van der Waals surface area contributed by atoms with Crippen LogP contribution < -0.4 is 34.0 Å². The van der Waals surface area contributed by atoms with Crippen molar-refractivity contribution in [1.82, 2.24) is 9.97 Å². The van der Waals surface area contributed by atoms with Crippen molar-refractivity contribution in [1.29, 1.82) is 0 Å². The first kappa shape index (κ1) is 24.7. The number of hydrogen-bond acceptors (Lipinski definition) is 2. The van der Waals surface area contributed by atoms with Gasteiger partial charge in [0.1, 0.15) is 0 Å². The van der Waals surface area contributed by atoms with E-state index in [9.17, 15) is 0 Å². The monoisotopic (exact) mass is 556 g/mol. The van der Waals surface area contributed by atoms with Gasteiger partial charge in [0.15, 0.2) is 0 Å². The van der Waals surface area contributed by atoms with Crippen LogP contribution in [0.3, 0.4) is 0 Å². The molecule has 2 heterocycles. The molecule has 0 N–H and O–H groups in total. The summed E-state index contributed by atoms with van der Waals surface area (Å²) in [5.41, 5.74) is 4.31. The number of halogens is 2. The molecule has 0 aliphatic heterocycles. The Morgan fingerprint density at radius 2 is 0.840 bits per heavy atom. The molecule has 0 atom stereocenters. The summed E-state index contributed by atoms with van der Waals surface area (Å²) in [5, 5.41) is 2.30. The van der Waals surface area contributed by atoms with E-state index in [4.69, 9.17) is 9.97 Å². The number of hydrogen-bond donors (Lipinski definition) is 0. The summed E-state index contributed by atoms with van der Waals surface area (Å²) in [6.07, 6.45) is 0. The third-order valence-electron chi connectivity index (χ3n) is 4.06. The first-order valence-corrected chi connectivity index (χ1v) is 7.88. The fourth-order valence-corrected chi connectivity index (χ4v) is 2.60. The van der Waals surface area contributed by atoms with Gasteiger partial charge in [0.2, 0.25) is 0 Å². The van der Waals surface area contributed by atoms with Crippen molar-refractivity contribution in [3.8, 4) is 0 Å². The Kier molecular flexibility index (Phi) is 8.45. The first-order valence-electron chi connectivity index (χ1n) is 7.88. The van der Waals surface area contributed by atoms with E-state index < -0.39 is 0 Å². The predicted molar refractivity (Wildman–Crippen MR) is 94.4 cm³/mol. The summed E-state index contributed by atoms with van der Waals surface area (Å²) in [5.74, 6) is 0. The van der Waals surface area contributed by atoms with Crippen LogP contribution in [0, 0.1) is 0 Å². The van der Waals surface area contributed by atoms with Crippen molar-refractivity contribution in [2.24, 2.45) is 0 Å². The molecule has 0 saturated heterocycles. The van der Waals surface area contributed by atoms with Gasteiger partial charge in [-0.2, -0.15) is 0 Å². The molecule has 25 heavy (non-hydrogen) atoms. The third-order valence-corrected chi connectivity index (χ3v) is 4.06. The average Bonchev–Trinajstić information content (AvgIpc) is 2.44. The number of nitrogens with zero attached hydrogens (tertiary/aromatic N) is 2. The Labute approximate surface area is 185 Å². The van der Waals surface area contributed by atoms with E-state index in [0.717, 1.165) is 33.2 Å². The second-order valence-electron chi connectivity index (χ2n) is 8.10. The van der Waals surface area contributed by atoms with E-state index in [-0.39, 0.29) is 65.2 Å². The second kappa shape index (κ2) is 8.57. The van der Waals surface area contributed by atoms with Gasteiger partial charge < -0.3 is 34.0 Å². The van der Waals surface area contributed by atoms with E-state index in [1.807, 2.05) is 0 Å². The Hall–Kier alpha value is -0.338. The van der Waals surface area contributed by atoms with Crippen LogP contribution in [-0.2, 0) is 31.3 Å². The van der Waals surface area contributed by atoms with Crippen molar-refractivity contribution in [2.45, 2.75) is 52.4 Å². The number of pyridine rings is 2. The van der Waals surface area contributed by atoms with Gasteiger partial charge in [-0.3, -0.25) is 0 Å². The van der Waals surface area contributed by atoms with Crippen LogP contribution in [0.5, 0.6) is 0 Å². The van der Waals surface area contributed by atoms with Crippen LogP contribution in [0.2, 0.25) is 0 Å². The minimum Gasteiger partial charge on any atom is -1.00 e. The van der Waals surface area contributed by atoms with E-state index >= 15 is 0 Å². The maximum absolute atomic E-state index is 4.94. The van der Waals surface area contributed by atoms with Crippen LogP contribution >= 0.6 is 0 Å². The fraction of sp³-hybridized carbons (Fsp3) is 0.400. The Balaban J connectivity index is 0.00000192. The molecule has 0 fully saturated rings. The maximum atomic E-state index is 4.94. The molecule has 0 aliphatic carbocycles. The summed E-state index contributed by atoms with van der Waals surface area (Å²) < 4.78 is 0. The summed E-state index contributed by atoms with van der Waals surface area (Å²) in [6, 6.07) is 12.8. The van der Waals surface area contributed by atoms with Gasteiger partial charge in [-0.05, 0) is 12.1 Å². The molecular weight excluding hydrogens is 534 g/mol. The zero-order chi connectivity index (χ0) is 16.1. The summed E-state index contributed by atoms with van der Waals surface area (Å²) in [7, 11) is 0. The van der Waals surface area contributed by atoms with Crippen molar-refractivity contribution < 1.29 is 54.4 Å². The molecule has 0 bridgehead atoms. The van der Waals surface area contributed by atoms with E-state index in [1.54, 1.807) is 0 Å². The predicted octanol–water partition coefficient (Wildman–Crippen LogP) is -0.616. The molecule has 2 nitrogen and oxygen atoms in total. The van der Waals surface area contributed by atoms with Crippen molar-refractivity contribution in [3.63, 3.8) is 0 Å². The third kappa shape index (κ3) is 5.10. The molecule has 138 valence electrons. The van der Waals surface area contributed by atoms with Crippen LogP contribution in [0.25, 0.3) is 21.8 Å². The molecule has 0 unspecified atom stereocenters. The summed E-state index contributed by atoms with van der Waals surface area (Å²) in [6.45, 7) is 13.2. The zero-order valence-electron chi connectivity index (χ0n) is 15.4. The molecule has 2 aromatic heterocycles. The summed E-state index contributed by atoms with van der Waals surface area (Å²) in [4.78, 5) is 9.87. The molecule has 0 spiro atoms. The second-order valence-corrected chi connectivity index (χ2v) is 8.10. The maximum Gasteiger partial charge on any atom is 2.00 e. The van der Waals surface area contributed by atoms with Gasteiger partial charge in [0.05, 0.1) is 11.0 Å².